The average molecular weight is 629 g/mol. The molecule has 0 unspecified atom stereocenters. The third kappa shape index (κ3) is 8.66. The molecule has 0 saturated heterocycles. The Labute approximate surface area is 235 Å². The number of aliphatic hydroxyl groups excluding tert-OH is 1. The summed E-state index contributed by atoms with van der Waals surface area (Å²) >= 11 is -2.89. The standard InChI is InChI=1S/C21H23O4.3C4H9.Sn/c1-23-18-12-13-19(24-14-16-8-4-2-5-9-16)21(20(18)22)25-15-17-10-6-3-7-11-17;3*1-3-4-2;/h2-11,13,18-22H,14-15H2,1H3;3*1,3-4H2,2H3;/t18-,19+,20-,21+;;;;/m1..../s1. The van der Waals surface area contributed by atoms with Crippen LogP contribution in [0.3, 0.4) is 0 Å². The molecule has 2 aromatic carbocycles. The van der Waals surface area contributed by atoms with Crippen LogP contribution in [0.25, 0.3) is 0 Å². The maximum atomic E-state index is 11.8. The zero-order valence-electron chi connectivity index (χ0n) is 24.1. The molecule has 0 fully saturated rings. The Hall–Kier alpha value is -1.18. The number of hydrogen-bond acceptors (Lipinski definition) is 4. The summed E-state index contributed by atoms with van der Waals surface area (Å²) in [6, 6.07) is 20.5. The SMILES string of the molecule is CCC[CH2][Sn]([CH2]CCC)([CH2]CCC)[C]1=C[C@H](OCc2ccccc2)[C@H](OCc2ccccc2)[C@H](O)[C@@H]1OC. The van der Waals surface area contributed by atoms with E-state index >= 15 is 0 Å². The third-order valence-corrected chi connectivity index (χ3v) is 24.1. The second-order valence-electron chi connectivity index (χ2n) is 10.9. The fourth-order valence-corrected chi connectivity index (χ4v) is 23.3. The summed E-state index contributed by atoms with van der Waals surface area (Å²) in [5.41, 5.74) is 2.22. The summed E-state index contributed by atoms with van der Waals surface area (Å²) in [6.07, 6.45) is 7.92. The minimum absolute atomic E-state index is 0.309. The van der Waals surface area contributed by atoms with Gasteiger partial charge in [-0.2, -0.15) is 0 Å². The molecule has 0 heterocycles. The first-order valence-electron chi connectivity index (χ1n) is 14.8. The first-order valence-corrected chi connectivity index (χ1v) is 22.3. The Bertz CT molecular complexity index is 911. The van der Waals surface area contributed by atoms with Gasteiger partial charge in [0.25, 0.3) is 0 Å². The molecule has 0 amide bonds. The van der Waals surface area contributed by atoms with Crippen LogP contribution >= 0.6 is 0 Å². The normalized spacial score (nSPS) is 21.9. The van der Waals surface area contributed by atoms with Crippen LogP contribution in [0.4, 0.5) is 0 Å². The number of aliphatic hydroxyl groups is 1. The fourth-order valence-electron chi connectivity index (χ4n) is 5.89. The molecule has 3 rings (SSSR count). The van der Waals surface area contributed by atoms with Crippen molar-refractivity contribution in [1.29, 1.82) is 0 Å². The van der Waals surface area contributed by atoms with Crippen molar-refractivity contribution >= 4 is 18.4 Å². The Morgan fingerprint density at radius 3 is 1.63 bits per heavy atom. The predicted molar refractivity (Wildman–Crippen MR) is 160 cm³/mol. The van der Waals surface area contributed by atoms with Crippen molar-refractivity contribution in [1.82, 2.24) is 0 Å². The number of ether oxygens (including phenoxy) is 3. The molecule has 0 radical (unpaired) electrons. The average Bonchev–Trinajstić information content (AvgIpc) is 2.96. The van der Waals surface area contributed by atoms with Crippen LogP contribution in [0.15, 0.2) is 70.3 Å². The van der Waals surface area contributed by atoms with Gasteiger partial charge in [0, 0.05) is 0 Å². The zero-order chi connectivity index (χ0) is 27.2. The minimum atomic E-state index is -2.89. The van der Waals surface area contributed by atoms with Gasteiger partial charge in [0.2, 0.25) is 0 Å². The van der Waals surface area contributed by atoms with E-state index < -0.39 is 30.6 Å². The van der Waals surface area contributed by atoms with Gasteiger partial charge in [-0.1, -0.05) is 0 Å². The van der Waals surface area contributed by atoms with Crippen molar-refractivity contribution in [3.63, 3.8) is 0 Å². The Morgan fingerprint density at radius 2 is 1.18 bits per heavy atom. The summed E-state index contributed by atoms with van der Waals surface area (Å²) < 4.78 is 24.6. The van der Waals surface area contributed by atoms with Crippen molar-refractivity contribution in [2.45, 2.75) is 110 Å². The van der Waals surface area contributed by atoms with Crippen molar-refractivity contribution < 1.29 is 19.3 Å². The van der Waals surface area contributed by atoms with Gasteiger partial charge in [-0.25, -0.2) is 0 Å². The molecule has 1 aliphatic rings. The number of rotatable bonds is 17. The third-order valence-electron chi connectivity index (χ3n) is 8.08. The van der Waals surface area contributed by atoms with Crippen molar-refractivity contribution in [2.75, 3.05) is 7.11 Å². The second-order valence-corrected chi connectivity index (χ2v) is 24.1. The van der Waals surface area contributed by atoms with Gasteiger partial charge in [0.1, 0.15) is 0 Å². The van der Waals surface area contributed by atoms with Crippen LogP contribution in [0.1, 0.15) is 70.4 Å². The summed E-state index contributed by atoms with van der Waals surface area (Å²) in [5, 5.41) is 11.8. The van der Waals surface area contributed by atoms with Crippen LogP contribution in [0, 0.1) is 0 Å². The zero-order valence-corrected chi connectivity index (χ0v) is 27.0. The van der Waals surface area contributed by atoms with E-state index in [1.807, 2.05) is 36.4 Å². The molecule has 0 aromatic heterocycles. The summed E-state index contributed by atoms with van der Waals surface area (Å²) in [7, 11) is 1.76. The van der Waals surface area contributed by atoms with E-state index in [-0.39, 0.29) is 12.2 Å². The number of unbranched alkanes of at least 4 members (excludes halogenated alkanes) is 3. The van der Waals surface area contributed by atoms with E-state index in [9.17, 15) is 5.11 Å². The summed E-state index contributed by atoms with van der Waals surface area (Å²) in [4.78, 5) is 0. The Kier molecular flexibility index (Phi) is 13.9. The molecule has 0 spiro atoms. The van der Waals surface area contributed by atoms with Crippen LogP contribution < -0.4 is 0 Å². The van der Waals surface area contributed by atoms with Gasteiger partial charge < -0.3 is 0 Å². The second kappa shape index (κ2) is 16.8. The van der Waals surface area contributed by atoms with E-state index in [1.54, 1.807) is 7.11 Å². The molecule has 4 nitrogen and oxygen atoms in total. The van der Waals surface area contributed by atoms with Crippen LogP contribution in [0.5, 0.6) is 0 Å². The van der Waals surface area contributed by atoms with Crippen molar-refractivity contribution in [3.05, 3.63) is 81.5 Å². The molecule has 1 aliphatic carbocycles. The van der Waals surface area contributed by atoms with Crippen LogP contribution in [-0.4, -0.2) is 55.0 Å². The number of hydrogen-bond donors (Lipinski definition) is 1. The van der Waals surface area contributed by atoms with Gasteiger partial charge in [-0.3, -0.25) is 0 Å². The first-order chi connectivity index (χ1) is 18.6. The molecule has 38 heavy (non-hydrogen) atoms. The Morgan fingerprint density at radius 1 is 0.711 bits per heavy atom. The molecule has 1 N–H and O–H groups in total. The molecule has 0 bridgehead atoms. The predicted octanol–water partition coefficient (Wildman–Crippen LogP) is 7.86. The van der Waals surface area contributed by atoms with Gasteiger partial charge in [-0.15, -0.1) is 0 Å². The first kappa shape index (κ1) is 31.3. The molecule has 5 heteroatoms. The van der Waals surface area contributed by atoms with Gasteiger partial charge in [0.15, 0.2) is 0 Å². The summed E-state index contributed by atoms with van der Waals surface area (Å²) in [6.45, 7) is 7.82. The van der Waals surface area contributed by atoms with Gasteiger partial charge in [-0.05, 0) is 0 Å². The summed E-state index contributed by atoms with van der Waals surface area (Å²) in [5.74, 6) is 0. The number of benzene rings is 2. The molecule has 2 aromatic rings. The monoisotopic (exact) mass is 630 g/mol. The quantitative estimate of drug-likeness (QED) is 0.181. The topological polar surface area (TPSA) is 47.9 Å². The van der Waals surface area contributed by atoms with Crippen molar-refractivity contribution in [3.8, 4) is 0 Å². The molecule has 0 aliphatic heterocycles. The molecule has 210 valence electrons. The van der Waals surface area contributed by atoms with E-state index in [0.717, 1.165) is 11.1 Å². The fraction of sp³-hybridized carbons (Fsp3) is 0.576. The van der Waals surface area contributed by atoms with Crippen LogP contribution in [-0.2, 0) is 27.4 Å². The molecule has 4 atom stereocenters. The van der Waals surface area contributed by atoms with E-state index in [4.69, 9.17) is 14.2 Å². The van der Waals surface area contributed by atoms with E-state index in [2.05, 4.69) is 51.1 Å². The molecular weight excluding hydrogens is 579 g/mol. The van der Waals surface area contributed by atoms with E-state index in [0.29, 0.717) is 13.2 Å². The Balaban J connectivity index is 2.00. The molecule has 0 saturated carbocycles. The number of methoxy groups -OCH3 is 1. The van der Waals surface area contributed by atoms with Gasteiger partial charge in [0.05, 0.1) is 0 Å². The van der Waals surface area contributed by atoms with E-state index in [1.165, 1.54) is 55.4 Å². The molecular formula is C33H50O4Sn. The van der Waals surface area contributed by atoms with Crippen LogP contribution in [0.2, 0.25) is 13.3 Å². The van der Waals surface area contributed by atoms with Gasteiger partial charge >= 0.3 is 236 Å². The maximum absolute atomic E-state index is 11.8. The van der Waals surface area contributed by atoms with Crippen molar-refractivity contribution in [2.24, 2.45) is 0 Å².